The molecule has 0 rings (SSSR count). The van der Waals surface area contributed by atoms with Crippen molar-refractivity contribution in [1.82, 2.24) is 0 Å². The SMILES string of the molecule is CCCCCCCC(=O)OC[C@H](COP(=O)(O)OC[C@H](O)COP(=O)(O)OC[C@@H](COC(=O)CCCCCCCCCCCCCCC(C)C)OC(=O)CCCCCCCCCCCCCCCCCCCCC(C)C)OC(=O)CCCCCCCCC(C)C. The average Bonchev–Trinajstić information content (AvgIpc) is 3.48. The molecule has 19 heteroatoms. The number of phosphoric acid groups is 2. The molecule has 0 aliphatic heterocycles. The lowest BCUT2D eigenvalue weighted by Gasteiger charge is -2.21. The van der Waals surface area contributed by atoms with Crippen LogP contribution in [0.3, 0.4) is 0 Å². The van der Waals surface area contributed by atoms with E-state index in [2.05, 4.69) is 48.5 Å². The highest BCUT2D eigenvalue weighted by atomic mass is 31.2. The van der Waals surface area contributed by atoms with Gasteiger partial charge in [0.2, 0.25) is 0 Å². The minimum atomic E-state index is -4.95. The number of carbonyl (C=O) groups is 4. The first-order valence-corrected chi connectivity index (χ1v) is 39.8. The van der Waals surface area contributed by atoms with E-state index in [0.29, 0.717) is 31.6 Å². The molecule has 0 aliphatic rings. The van der Waals surface area contributed by atoms with Crippen molar-refractivity contribution in [2.24, 2.45) is 17.8 Å². The van der Waals surface area contributed by atoms with E-state index in [1.54, 1.807) is 0 Å². The first-order chi connectivity index (χ1) is 43.2. The summed E-state index contributed by atoms with van der Waals surface area (Å²) in [5.74, 6) is 0.131. The molecule has 0 aromatic heterocycles. The van der Waals surface area contributed by atoms with Crippen LogP contribution in [-0.4, -0.2) is 96.7 Å². The van der Waals surface area contributed by atoms with E-state index in [-0.39, 0.29) is 25.7 Å². The summed E-state index contributed by atoms with van der Waals surface area (Å²) >= 11 is 0. The van der Waals surface area contributed by atoms with E-state index in [1.807, 2.05) is 0 Å². The molecule has 0 saturated carbocycles. The Morgan fingerprint density at radius 1 is 0.300 bits per heavy atom. The van der Waals surface area contributed by atoms with Crippen LogP contribution in [0.15, 0.2) is 0 Å². The third-order valence-corrected chi connectivity index (χ3v) is 18.3. The highest BCUT2D eigenvalue weighted by molar-refractivity contribution is 7.47. The lowest BCUT2D eigenvalue weighted by molar-refractivity contribution is -0.161. The summed E-state index contributed by atoms with van der Waals surface area (Å²) in [6.45, 7) is 11.7. The second-order valence-corrected chi connectivity index (χ2v) is 30.0. The second kappa shape index (κ2) is 61.9. The van der Waals surface area contributed by atoms with Crippen molar-refractivity contribution >= 4 is 39.5 Å². The van der Waals surface area contributed by atoms with Gasteiger partial charge < -0.3 is 33.8 Å². The lowest BCUT2D eigenvalue weighted by Crippen LogP contribution is -2.30. The number of ether oxygens (including phenoxy) is 4. The zero-order valence-electron chi connectivity index (χ0n) is 58.6. The van der Waals surface area contributed by atoms with Gasteiger partial charge in [0, 0.05) is 25.7 Å². The molecule has 534 valence electrons. The van der Waals surface area contributed by atoms with Crippen LogP contribution in [0.5, 0.6) is 0 Å². The number of unbranched alkanes of at least 4 members (excludes halogenated alkanes) is 37. The van der Waals surface area contributed by atoms with Gasteiger partial charge in [-0.2, -0.15) is 0 Å². The third-order valence-electron chi connectivity index (χ3n) is 16.4. The molecule has 90 heavy (non-hydrogen) atoms. The lowest BCUT2D eigenvalue weighted by atomic mass is 10.0. The Hall–Kier alpha value is -1.94. The fourth-order valence-electron chi connectivity index (χ4n) is 10.7. The van der Waals surface area contributed by atoms with Crippen LogP contribution in [0.1, 0.15) is 357 Å². The summed E-state index contributed by atoms with van der Waals surface area (Å²) in [5, 5.41) is 10.5. The summed E-state index contributed by atoms with van der Waals surface area (Å²) < 4.78 is 68.0. The zero-order chi connectivity index (χ0) is 66.6. The van der Waals surface area contributed by atoms with Crippen molar-refractivity contribution < 1.29 is 80.2 Å². The predicted octanol–water partition coefficient (Wildman–Crippen LogP) is 20.2. The Labute approximate surface area is 549 Å². The van der Waals surface area contributed by atoms with Crippen molar-refractivity contribution in [3.8, 4) is 0 Å². The van der Waals surface area contributed by atoms with Crippen molar-refractivity contribution in [1.29, 1.82) is 0 Å². The van der Waals surface area contributed by atoms with E-state index in [9.17, 15) is 43.2 Å². The molecular formula is C71H138O17P2. The van der Waals surface area contributed by atoms with Crippen molar-refractivity contribution in [3.05, 3.63) is 0 Å². The van der Waals surface area contributed by atoms with E-state index in [1.165, 1.54) is 161 Å². The number of aliphatic hydroxyl groups is 1. The first-order valence-electron chi connectivity index (χ1n) is 36.8. The van der Waals surface area contributed by atoms with Crippen LogP contribution >= 0.6 is 15.6 Å². The van der Waals surface area contributed by atoms with Gasteiger partial charge >= 0.3 is 39.5 Å². The van der Waals surface area contributed by atoms with E-state index < -0.39 is 97.5 Å². The monoisotopic (exact) mass is 1320 g/mol. The highest BCUT2D eigenvalue weighted by Crippen LogP contribution is 2.45. The molecular weight excluding hydrogens is 1190 g/mol. The summed E-state index contributed by atoms with van der Waals surface area (Å²) in [6.07, 6.45) is 46.5. The second-order valence-electron chi connectivity index (χ2n) is 27.1. The van der Waals surface area contributed by atoms with Gasteiger partial charge in [-0.05, 0) is 43.4 Å². The number of phosphoric ester groups is 2. The largest absolute Gasteiger partial charge is 0.472 e. The first kappa shape index (κ1) is 88.1. The van der Waals surface area contributed by atoms with Crippen LogP contribution < -0.4 is 0 Å². The molecule has 0 spiro atoms. The van der Waals surface area contributed by atoms with Crippen LogP contribution in [0.4, 0.5) is 0 Å². The van der Waals surface area contributed by atoms with Gasteiger partial charge in [0.05, 0.1) is 26.4 Å². The van der Waals surface area contributed by atoms with Crippen molar-refractivity contribution in [2.45, 2.75) is 375 Å². The van der Waals surface area contributed by atoms with Crippen LogP contribution in [0.2, 0.25) is 0 Å². The van der Waals surface area contributed by atoms with Gasteiger partial charge in [0.15, 0.2) is 12.2 Å². The Bertz CT molecular complexity index is 1770. The van der Waals surface area contributed by atoms with E-state index in [4.69, 9.17) is 37.0 Å². The molecule has 0 aromatic carbocycles. The fourth-order valence-corrected chi connectivity index (χ4v) is 12.3. The Kier molecular flexibility index (Phi) is 60.6. The summed E-state index contributed by atoms with van der Waals surface area (Å²) in [4.78, 5) is 72.2. The molecule has 0 saturated heterocycles. The van der Waals surface area contributed by atoms with Gasteiger partial charge in [-0.3, -0.25) is 37.3 Å². The smallest absolute Gasteiger partial charge is 0.462 e. The molecule has 0 radical (unpaired) electrons. The van der Waals surface area contributed by atoms with Gasteiger partial charge in [-0.1, -0.05) is 305 Å². The summed E-state index contributed by atoms with van der Waals surface area (Å²) in [6, 6.07) is 0. The van der Waals surface area contributed by atoms with Crippen LogP contribution in [-0.2, 0) is 65.4 Å². The topological polar surface area (TPSA) is 237 Å². The number of esters is 4. The Morgan fingerprint density at radius 3 is 0.756 bits per heavy atom. The van der Waals surface area contributed by atoms with Gasteiger partial charge in [0.25, 0.3) is 0 Å². The van der Waals surface area contributed by atoms with Gasteiger partial charge in [0.1, 0.15) is 19.3 Å². The molecule has 0 amide bonds. The molecule has 5 atom stereocenters. The number of aliphatic hydroxyl groups excluding tert-OH is 1. The number of hydrogen-bond acceptors (Lipinski definition) is 15. The number of rotatable bonds is 69. The molecule has 0 fully saturated rings. The van der Waals surface area contributed by atoms with Crippen LogP contribution in [0.25, 0.3) is 0 Å². The van der Waals surface area contributed by atoms with Gasteiger partial charge in [-0.25, -0.2) is 9.13 Å². The van der Waals surface area contributed by atoms with Crippen molar-refractivity contribution in [3.63, 3.8) is 0 Å². The van der Waals surface area contributed by atoms with E-state index in [0.717, 1.165) is 108 Å². The zero-order valence-corrected chi connectivity index (χ0v) is 60.4. The summed E-state index contributed by atoms with van der Waals surface area (Å²) in [7, 11) is -9.89. The van der Waals surface area contributed by atoms with Crippen molar-refractivity contribution in [2.75, 3.05) is 39.6 Å². The minimum Gasteiger partial charge on any atom is -0.462 e. The number of carbonyl (C=O) groups excluding carboxylic acids is 4. The minimum absolute atomic E-state index is 0.101. The number of hydrogen-bond donors (Lipinski definition) is 3. The van der Waals surface area contributed by atoms with E-state index >= 15 is 0 Å². The Morgan fingerprint density at radius 2 is 0.511 bits per heavy atom. The molecule has 3 N–H and O–H groups in total. The highest BCUT2D eigenvalue weighted by Gasteiger charge is 2.30. The maximum Gasteiger partial charge on any atom is 0.472 e. The molecule has 0 aromatic rings. The normalized spacial score (nSPS) is 14.2. The molecule has 0 heterocycles. The standard InChI is InChI=1S/C71H138O17P2/c1-8-9-10-35-45-52-68(73)81-58-66(88-71(76)55-48-41-34-33-38-44-51-64(6)7)60-85-89(77,78)83-56-65(72)57-84-90(79,80)86-61-67(59-82-69(74)53-46-39-31-27-23-20-19-22-26-30-37-43-50-63(4)5)87-70(75)54-47-40-32-28-24-18-16-14-12-11-13-15-17-21-25-29-36-42-49-62(2)3/h62-67,72H,8-61H2,1-7H3,(H,77,78)(H,79,80)/t65-,66+,67+/m0/s1. The maximum atomic E-state index is 13.0. The van der Waals surface area contributed by atoms with Gasteiger partial charge in [-0.15, -0.1) is 0 Å². The molecule has 0 bridgehead atoms. The maximum absolute atomic E-state index is 13.0. The third kappa shape index (κ3) is 64.8. The van der Waals surface area contributed by atoms with Crippen LogP contribution in [0, 0.1) is 17.8 Å². The fraction of sp³-hybridized carbons (Fsp3) is 0.944. The average molecular weight is 1330 g/mol. The Balaban J connectivity index is 5.11. The summed E-state index contributed by atoms with van der Waals surface area (Å²) in [5.41, 5.74) is 0. The quantitative estimate of drug-likeness (QED) is 0.0222. The predicted molar refractivity (Wildman–Crippen MR) is 363 cm³/mol. The molecule has 17 nitrogen and oxygen atoms in total. The molecule has 2 unspecified atom stereocenters. The molecule has 0 aliphatic carbocycles.